The van der Waals surface area contributed by atoms with Gasteiger partial charge in [0.05, 0.1) is 24.7 Å². The number of aliphatic hydroxyl groups excluding tert-OH is 7. The van der Waals surface area contributed by atoms with E-state index in [1.54, 1.807) is 6.92 Å². The van der Waals surface area contributed by atoms with Crippen molar-refractivity contribution in [2.45, 2.75) is 178 Å². The van der Waals surface area contributed by atoms with Gasteiger partial charge in [-0.1, -0.05) is 71.1 Å². The highest BCUT2D eigenvalue weighted by atomic mass is 16.7. The second-order valence-corrected chi connectivity index (χ2v) is 13.5. The van der Waals surface area contributed by atoms with Crippen LogP contribution < -0.4 is 0 Å². The van der Waals surface area contributed by atoms with Crippen LogP contribution in [0.25, 0.3) is 0 Å². The van der Waals surface area contributed by atoms with Gasteiger partial charge in [-0.2, -0.15) is 0 Å². The molecule has 14 atom stereocenters. The third kappa shape index (κ3) is 11.3. The molecule has 0 radical (unpaired) electrons. The highest BCUT2D eigenvalue weighted by Crippen LogP contribution is 2.34. The van der Waals surface area contributed by atoms with Crippen molar-refractivity contribution in [1.29, 1.82) is 0 Å². The first-order chi connectivity index (χ1) is 22.4. The Labute approximate surface area is 277 Å². The van der Waals surface area contributed by atoms with Gasteiger partial charge in [-0.15, -0.1) is 0 Å². The molecule has 0 aromatic carbocycles. The molecule has 0 aromatic heterocycles. The molecule has 0 spiro atoms. The summed E-state index contributed by atoms with van der Waals surface area (Å²) >= 11 is 0. The second-order valence-electron chi connectivity index (χ2n) is 13.5. The number of ether oxygens (including phenoxy) is 5. The predicted octanol–water partition coefficient (Wildman–Crippen LogP) is 0.811. The van der Waals surface area contributed by atoms with Gasteiger partial charge < -0.3 is 59.4 Å². The van der Waals surface area contributed by atoms with Crippen LogP contribution in [-0.2, 0) is 33.3 Å². The fourth-order valence-electron chi connectivity index (χ4n) is 6.54. The van der Waals surface area contributed by atoms with Crippen LogP contribution in [0.2, 0.25) is 0 Å². The molecule has 3 rings (SSSR count). The summed E-state index contributed by atoms with van der Waals surface area (Å²) in [4.78, 5) is 25.2. The molecule has 0 bridgehead atoms. The van der Waals surface area contributed by atoms with Crippen LogP contribution in [0.15, 0.2) is 0 Å². The van der Waals surface area contributed by atoms with Gasteiger partial charge in [0.25, 0.3) is 0 Å². The standard InChI is InChI=1S/C33H58O14/c1-18(43-32-29(40)27(38)25(36)22(17-34)46-32)15-13-11-9-7-5-4-6-8-10-12-14-16-21-23(19(2)30(41)45-21)31(42)47-33-28(39)26(37)24(35)20(3)44-33/h18-29,32-40H,4-17H2,1-3H3. The molecule has 0 aliphatic carbocycles. The van der Waals surface area contributed by atoms with E-state index in [0.717, 1.165) is 77.0 Å². The van der Waals surface area contributed by atoms with Gasteiger partial charge in [0.1, 0.15) is 54.7 Å². The van der Waals surface area contributed by atoms with Crippen molar-refractivity contribution in [1.82, 2.24) is 0 Å². The smallest absolute Gasteiger partial charge is 0.315 e. The van der Waals surface area contributed by atoms with Gasteiger partial charge in [0.15, 0.2) is 6.29 Å². The number of carbonyl (C=O) groups is 2. The molecule has 0 amide bonds. The Morgan fingerprint density at radius 3 is 1.83 bits per heavy atom. The van der Waals surface area contributed by atoms with Crippen molar-refractivity contribution >= 4 is 11.9 Å². The van der Waals surface area contributed by atoms with Crippen LogP contribution in [0.5, 0.6) is 0 Å². The molecule has 0 aromatic rings. The minimum atomic E-state index is -1.61. The number of carbonyl (C=O) groups excluding carboxylic acids is 2. The first kappa shape index (κ1) is 40.0. The average Bonchev–Trinajstić information content (AvgIpc) is 3.33. The Kier molecular flexibility index (Phi) is 16.7. The number of unbranched alkanes of at least 4 members (excludes halogenated alkanes) is 10. The van der Waals surface area contributed by atoms with E-state index in [-0.39, 0.29) is 6.10 Å². The maximum Gasteiger partial charge on any atom is 0.315 e. The monoisotopic (exact) mass is 678 g/mol. The van der Waals surface area contributed by atoms with E-state index >= 15 is 0 Å². The van der Waals surface area contributed by atoms with E-state index in [2.05, 4.69) is 0 Å². The van der Waals surface area contributed by atoms with Crippen LogP contribution in [0.1, 0.15) is 104 Å². The average molecular weight is 679 g/mol. The molecule has 47 heavy (non-hydrogen) atoms. The van der Waals surface area contributed by atoms with Gasteiger partial charge >= 0.3 is 11.9 Å². The summed E-state index contributed by atoms with van der Waals surface area (Å²) in [5, 5.41) is 69.2. The summed E-state index contributed by atoms with van der Waals surface area (Å²) in [6.07, 6.45) is -0.989. The molecule has 3 heterocycles. The fraction of sp³-hybridized carbons (Fsp3) is 0.939. The van der Waals surface area contributed by atoms with Gasteiger partial charge in [0.2, 0.25) is 6.29 Å². The summed E-state index contributed by atoms with van der Waals surface area (Å²) < 4.78 is 27.3. The van der Waals surface area contributed by atoms with Gasteiger partial charge in [-0.25, -0.2) is 0 Å². The zero-order valence-electron chi connectivity index (χ0n) is 28.0. The zero-order valence-corrected chi connectivity index (χ0v) is 28.0. The lowest BCUT2D eigenvalue weighted by atomic mass is 9.89. The van der Waals surface area contributed by atoms with Crippen molar-refractivity contribution in [3.05, 3.63) is 0 Å². The molecule has 14 heteroatoms. The maximum absolute atomic E-state index is 13.0. The van der Waals surface area contributed by atoms with Crippen LogP contribution >= 0.6 is 0 Å². The van der Waals surface area contributed by atoms with E-state index in [0.29, 0.717) is 6.42 Å². The minimum Gasteiger partial charge on any atom is -0.461 e. The number of aliphatic hydroxyl groups is 7. The zero-order chi connectivity index (χ0) is 34.7. The van der Waals surface area contributed by atoms with Gasteiger partial charge in [-0.3, -0.25) is 9.59 Å². The lowest BCUT2D eigenvalue weighted by Gasteiger charge is -2.40. The molecule has 7 N–H and O–H groups in total. The first-order valence-corrected chi connectivity index (χ1v) is 17.4. The highest BCUT2D eigenvalue weighted by molar-refractivity contribution is 5.85. The predicted molar refractivity (Wildman–Crippen MR) is 165 cm³/mol. The Bertz CT molecular complexity index is 935. The Hall–Kier alpha value is -1.46. The van der Waals surface area contributed by atoms with Crippen LogP contribution in [0, 0.1) is 11.8 Å². The summed E-state index contributed by atoms with van der Waals surface area (Å²) in [7, 11) is 0. The molecule has 274 valence electrons. The lowest BCUT2D eigenvalue weighted by Crippen LogP contribution is -2.59. The topological polar surface area (TPSA) is 222 Å². The number of rotatable bonds is 19. The van der Waals surface area contributed by atoms with Crippen molar-refractivity contribution in [3.63, 3.8) is 0 Å². The molecule has 3 aliphatic heterocycles. The molecule has 14 nitrogen and oxygen atoms in total. The number of cyclic esters (lactones) is 1. The van der Waals surface area contributed by atoms with E-state index in [9.17, 15) is 45.3 Å². The van der Waals surface area contributed by atoms with Crippen LogP contribution in [-0.4, -0.2) is 128 Å². The number of hydrogen-bond donors (Lipinski definition) is 7. The van der Waals surface area contributed by atoms with Crippen LogP contribution in [0.4, 0.5) is 0 Å². The molecule has 0 saturated carbocycles. The molecular formula is C33H58O14. The SMILES string of the molecule is CC(CCCCCCCCCCCCCC1OC(=O)C(C)C1C(=O)OC1OC(C)C(O)C(O)C1O)OC1OC(CO)C(O)C(O)C1O. The summed E-state index contributed by atoms with van der Waals surface area (Å²) in [5.41, 5.74) is 0. The molecule has 3 saturated heterocycles. The molecular weight excluding hydrogens is 620 g/mol. The minimum absolute atomic E-state index is 0.208. The normalized spacial score (nSPS) is 38.3. The Morgan fingerprint density at radius 2 is 1.23 bits per heavy atom. The van der Waals surface area contributed by atoms with E-state index in [4.69, 9.17) is 23.7 Å². The van der Waals surface area contributed by atoms with E-state index in [1.165, 1.54) is 6.92 Å². The Morgan fingerprint density at radius 1 is 0.702 bits per heavy atom. The van der Waals surface area contributed by atoms with Crippen LogP contribution in [0.3, 0.4) is 0 Å². The summed E-state index contributed by atoms with van der Waals surface area (Å²) in [6, 6.07) is 0. The quantitative estimate of drug-likeness (QED) is 0.0743. The highest BCUT2D eigenvalue weighted by Gasteiger charge is 2.50. The molecule has 3 aliphatic rings. The van der Waals surface area contributed by atoms with Crippen molar-refractivity contribution in [3.8, 4) is 0 Å². The first-order valence-electron chi connectivity index (χ1n) is 17.4. The van der Waals surface area contributed by atoms with Crippen molar-refractivity contribution in [2.24, 2.45) is 11.8 Å². The second kappa shape index (κ2) is 19.7. The largest absolute Gasteiger partial charge is 0.461 e. The van der Waals surface area contributed by atoms with Crippen molar-refractivity contribution in [2.75, 3.05) is 6.61 Å². The summed E-state index contributed by atoms with van der Waals surface area (Å²) in [6.45, 7) is 4.49. The third-order valence-electron chi connectivity index (χ3n) is 9.71. The number of esters is 2. The van der Waals surface area contributed by atoms with E-state index < -0.39 is 97.9 Å². The van der Waals surface area contributed by atoms with Crippen molar-refractivity contribution < 1.29 is 69.0 Å². The van der Waals surface area contributed by atoms with Gasteiger partial charge in [-0.05, 0) is 33.1 Å². The molecule has 3 fully saturated rings. The maximum atomic E-state index is 13.0. The Balaban J connectivity index is 1.20. The number of hydrogen-bond acceptors (Lipinski definition) is 14. The lowest BCUT2D eigenvalue weighted by molar-refractivity contribution is -0.310. The van der Waals surface area contributed by atoms with Gasteiger partial charge in [0, 0.05) is 0 Å². The molecule has 14 unspecified atom stereocenters. The third-order valence-corrected chi connectivity index (χ3v) is 9.71. The van der Waals surface area contributed by atoms with E-state index in [1.807, 2.05) is 6.92 Å². The summed E-state index contributed by atoms with van der Waals surface area (Å²) in [5.74, 6) is -2.74. The fourth-order valence-corrected chi connectivity index (χ4v) is 6.54.